The maximum atomic E-state index is 11.5. The lowest BCUT2D eigenvalue weighted by molar-refractivity contribution is 0.0922. The molecule has 0 aliphatic carbocycles. The van der Waals surface area contributed by atoms with Gasteiger partial charge in [-0.2, -0.15) is 0 Å². The fourth-order valence-electron chi connectivity index (χ4n) is 1.64. The van der Waals surface area contributed by atoms with Crippen LogP contribution in [0.3, 0.4) is 0 Å². The van der Waals surface area contributed by atoms with Crippen LogP contribution in [0, 0.1) is 0 Å². The molecule has 0 atom stereocenters. The third-order valence-corrected chi connectivity index (χ3v) is 2.25. The zero-order valence-electron chi connectivity index (χ0n) is 7.45. The second-order valence-electron chi connectivity index (χ2n) is 3.44. The van der Waals surface area contributed by atoms with Crippen molar-refractivity contribution in [2.45, 2.75) is 6.54 Å². The molecule has 68 valence electrons. The van der Waals surface area contributed by atoms with E-state index >= 15 is 0 Å². The molecule has 1 aliphatic heterocycles. The van der Waals surface area contributed by atoms with E-state index in [1.807, 2.05) is 11.9 Å². The average molecular weight is 177 g/mol. The maximum Gasteiger partial charge on any atom is 0.177 e. The number of likely N-dealkylation sites (N-methyl/N-ethyl adjacent to an activating group) is 1. The van der Waals surface area contributed by atoms with E-state index < -0.39 is 0 Å². The number of nitrogens with zero attached hydrogens (tertiary/aromatic N) is 1. The summed E-state index contributed by atoms with van der Waals surface area (Å²) in [6.07, 6.45) is 0. The van der Waals surface area contributed by atoms with E-state index in [-0.39, 0.29) is 11.5 Å². The molecule has 1 aromatic carbocycles. The molecule has 2 rings (SSSR count). The van der Waals surface area contributed by atoms with Crippen molar-refractivity contribution in [2.75, 3.05) is 13.6 Å². The Labute approximate surface area is 76.6 Å². The predicted molar refractivity (Wildman–Crippen MR) is 48.8 cm³/mol. The first-order valence-corrected chi connectivity index (χ1v) is 4.20. The van der Waals surface area contributed by atoms with Gasteiger partial charge in [0.15, 0.2) is 5.78 Å². The SMILES string of the molecule is CN1CC(=O)c2cc(O)ccc2C1. The molecule has 1 aliphatic rings. The van der Waals surface area contributed by atoms with Gasteiger partial charge in [-0.15, -0.1) is 0 Å². The van der Waals surface area contributed by atoms with Crippen LogP contribution in [0.1, 0.15) is 15.9 Å². The fraction of sp³-hybridized carbons (Fsp3) is 0.300. The minimum atomic E-state index is 0.0830. The van der Waals surface area contributed by atoms with Gasteiger partial charge in [0.05, 0.1) is 6.54 Å². The van der Waals surface area contributed by atoms with Gasteiger partial charge in [0, 0.05) is 12.1 Å². The molecule has 0 amide bonds. The van der Waals surface area contributed by atoms with Gasteiger partial charge >= 0.3 is 0 Å². The number of hydrogen-bond acceptors (Lipinski definition) is 3. The molecular weight excluding hydrogens is 166 g/mol. The van der Waals surface area contributed by atoms with Gasteiger partial charge in [-0.3, -0.25) is 9.69 Å². The molecule has 0 radical (unpaired) electrons. The van der Waals surface area contributed by atoms with E-state index in [0.717, 1.165) is 12.1 Å². The highest BCUT2D eigenvalue weighted by Crippen LogP contribution is 2.21. The van der Waals surface area contributed by atoms with Crippen molar-refractivity contribution in [3.63, 3.8) is 0 Å². The van der Waals surface area contributed by atoms with Crippen LogP contribution in [0.4, 0.5) is 0 Å². The normalized spacial score (nSPS) is 17.2. The lowest BCUT2D eigenvalue weighted by Gasteiger charge is -2.23. The summed E-state index contributed by atoms with van der Waals surface area (Å²) in [5.74, 6) is 0.247. The standard InChI is InChI=1S/C10H11NO2/c1-11-5-7-2-3-8(12)4-9(7)10(13)6-11/h2-4,12H,5-6H2,1H3. The highest BCUT2D eigenvalue weighted by Gasteiger charge is 2.20. The Kier molecular flexibility index (Phi) is 1.81. The number of hydrogen-bond donors (Lipinski definition) is 1. The first-order chi connectivity index (χ1) is 6.16. The quantitative estimate of drug-likeness (QED) is 0.643. The summed E-state index contributed by atoms with van der Waals surface area (Å²) >= 11 is 0. The summed E-state index contributed by atoms with van der Waals surface area (Å²) in [5.41, 5.74) is 1.66. The number of carbonyl (C=O) groups excluding carboxylic acids is 1. The highest BCUT2D eigenvalue weighted by atomic mass is 16.3. The maximum absolute atomic E-state index is 11.5. The second-order valence-corrected chi connectivity index (χ2v) is 3.44. The van der Waals surface area contributed by atoms with Crippen molar-refractivity contribution in [2.24, 2.45) is 0 Å². The number of ketones is 1. The van der Waals surface area contributed by atoms with Crippen LogP contribution in [0.15, 0.2) is 18.2 Å². The Morgan fingerprint density at radius 1 is 1.38 bits per heavy atom. The number of rotatable bonds is 0. The van der Waals surface area contributed by atoms with E-state index in [0.29, 0.717) is 12.1 Å². The van der Waals surface area contributed by atoms with E-state index in [4.69, 9.17) is 0 Å². The molecule has 0 saturated heterocycles. The van der Waals surface area contributed by atoms with Gasteiger partial charge in [0.1, 0.15) is 5.75 Å². The van der Waals surface area contributed by atoms with Crippen LogP contribution in [0.25, 0.3) is 0 Å². The number of phenolic OH excluding ortho intramolecular Hbond substituents is 1. The molecular formula is C10H11NO2. The van der Waals surface area contributed by atoms with Crippen molar-refractivity contribution >= 4 is 5.78 Å². The minimum Gasteiger partial charge on any atom is -0.508 e. The lowest BCUT2D eigenvalue weighted by atomic mass is 9.99. The van der Waals surface area contributed by atoms with Crippen molar-refractivity contribution in [3.8, 4) is 5.75 Å². The van der Waals surface area contributed by atoms with Crippen LogP contribution in [-0.2, 0) is 6.54 Å². The van der Waals surface area contributed by atoms with E-state index in [1.165, 1.54) is 0 Å². The topological polar surface area (TPSA) is 40.5 Å². The molecule has 1 aromatic rings. The largest absolute Gasteiger partial charge is 0.508 e. The Bertz CT molecular complexity index is 360. The van der Waals surface area contributed by atoms with E-state index in [9.17, 15) is 9.90 Å². The van der Waals surface area contributed by atoms with Gasteiger partial charge in [0.25, 0.3) is 0 Å². The van der Waals surface area contributed by atoms with Crippen molar-refractivity contribution in [1.29, 1.82) is 0 Å². The van der Waals surface area contributed by atoms with Gasteiger partial charge in [0.2, 0.25) is 0 Å². The molecule has 0 saturated carbocycles. The van der Waals surface area contributed by atoms with Crippen LogP contribution in [-0.4, -0.2) is 29.4 Å². The van der Waals surface area contributed by atoms with Gasteiger partial charge in [-0.1, -0.05) is 6.07 Å². The number of fused-ring (bicyclic) bond motifs is 1. The molecule has 1 N–H and O–H groups in total. The predicted octanol–water partition coefficient (Wildman–Crippen LogP) is 1.02. The average Bonchev–Trinajstić information content (AvgIpc) is 2.06. The summed E-state index contributed by atoms with van der Waals surface area (Å²) in [7, 11) is 1.91. The first-order valence-electron chi connectivity index (χ1n) is 4.20. The Hall–Kier alpha value is -1.35. The molecule has 3 nitrogen and oxygen atoms in total. The molecule has 0 bridgehead atoms. The molecule has 3 heteroatoms. The summed E-state index contributed by atoms with van der Waals surface area (Å²) in [6, 6.07) is 4.97. The van der Waals surface area contributed by atoms with E-state index in [1.54, 1.807) is 18.2 Å². The van der Waals surface area contributed by atoms with Crippen LogP contribution in [0.2, 0.25) is 0 Å². The third-order valence-electron chi connectivity index (χ3n) is 2.25. The number of carbonyl (C=O) groups is 1. The fourth-order valence-corrected chi connectivity index (χ4v) is 1.64. The van der Waals surface area contributed by atoms with Crippen molar-refractivity contribution < 1.29 is 9.90 Å². The molecule has 0 spiro atoms. The smallest absolute Gasteiger partial charge is 0.177 e. The zero-order valence-corrected chi connectivity index (χ0v) is 7.45. The van der Waals surface area contributed by atoms with E-state index in [2.05, 4.69) is 0 Å². The molecule has 1 heterocycles. The van der Waals surface area contributed by atoms with Gasteiger partial charge < -0.3 is 5.11 Å². The number of Topliss-reactive ketones (excluding diaryl/α,β-unsaturated/α-hetero) is 1. The van der Waals surface area contributed by atoms with Crippen LogP contribution in [0.5, 0.6) is 5.75 Å². The summed E-state index contributed by atoms with van der Waals surface area (Å²) in [6.45, 7) is 1.22. The Morgan fingerprint density at radius 2 is 2.15 bits per heavy atom. The van der Waals surface area contributed by atoms with Crippen molar-refractivity contribution in [1.82, 2.24) is 4.90 Å². The molecule has 0 fully saturated rings. The van der Waals surface area contributed by atoms with Crippen molar-refractivity contribution in [3.05, 3.63) is 29.3 Å². The Morgan fingerprint density at radius 3 is 2.92 bits per heavy atom. The molecule has 0 unspecified atom stereocenters. The van der Waals surface area contributed by atoms with Crippen LogP contribution >= 0.6 is 0 Å². The van der Waals surface area contributed by atoms with Crippen LogP contribution < -0.4 is 0 Å². The third kappa shape index (κ3) is 1.42. The molecule has 0 aromatic heterocycles. The lowest BCUT2D eigenvalue weighted by Crippen LogP contribution is -2.31. The first kappa shape index (κ1) is 8.26. The molecule has 13 heavy (non-hydrogen) atoms. The highest BCUT2D eigenvalue weighted by molar-refractivity contribution is 6.00. The summed E-state index contributed by atoms with van der Waals surface area (Å²) < 4.78 is 0. The zero-order chi connectivity index (χ0) is 9.42. The number of benzene rings is 1. The monoisotopic (exact) mass is 177 g/mol. The number of aromatic hydroxyl groups is 1. The van der Waals surface area contributed by atoms with Gasteiger partial charge in [-0.05, 0) is 24.7 Å². The van der Waals surface area contributed by atoms with Gasteiger partial charge in [-0.25, -0.2) is 0 Å². The number of phenols is 1. The summed E-state index contributed by atoms with van der Waals surface area (Å²) in [4.78, 5) is 13.5. The second kappa shape index (κ2) is 2.85. The Balaban J connectivity index is 2.49. The minimum absolute atomic E-state index is 0.0830. The summed E-state index contributed by atoms with van der Waals surface area (Å²) in [5, 5.41) is 9.21.